The predicted molar refractivity (Wildman–Crippen MR) is 80.9 cm³/mol. The number of nitrogens with one attached hydrogen (secondary N) is 1. The molecule has 0 spiro atoms. The van der Waals surface area contributed by atoms with Gasteiger partial charge in [0.1, 0.15) is 22.5 Å². The van der Waals surface area contributed by atoms with E-state index in [-0.39, 0.29) is 11.7 Å². The summed E-state index contributed by atoms with van der Waals surface area (Å²) in [6.45, 7) is 6.08. The van der Waals surface area contributed by atoms with Gasteiger partial charge >= 0.3 is 0 Å². The average molecular weight is 291 g/mol. The van der Waals surface area contributed by atoms with Gasteiger partial charge in [0, 0.05) is 23.4 Å². The van der Waals surface area contributed by atoms with Crippen LogP contribution in [0.5, 0.6) is 0 Å². The summed E-state index contributed by atoms with van der Waals surface area (Å²) in [6.07, 6.45) is 0. The first-order valence-electron chi connectivity index (χ1n) is 6.51. The molecule has 0 saturated heterocycles. The molecule has 106 valence electrons. The maximum atomic E-state index is 13.3. The number of anilines is 1. The Labute approximate surface area is 123 Å². The SMILES string of the molecule is CNc1nc(C(C)C)nc(Sc2cccc(F)c2)c1C. The molecule has 0 aliphatic rings. The number of hydrogen-bond acceptors (Lipinski definition) is 4. The van der Waals surface area contributed by atoms with Crippen LogP contribution in [0.1, 0.15) is 31.2 Å². The molecule has 0 bridgehead atoms. The molecule has 0 aliphatic heterocycles. The van der Waals surface area contributed by atoms with Crippen molar-refractivity contribution in [2.75, 3.05) is 12.4 Å². The molecule has 0 unspecified atom stereocenters. The highest BCUT2D eigenvalue weighted by Crippen LogP contribution is 2.32. The fourth-order valence-electron chi connectivity index (χ4n) is 1.76. The van der Waals surface area contributed by atoms with Crippen molar-refractivity contribution in [3.05, 3.63) is 41.5 Å². The minimum Gasteiger partial charge on any atom is -0.373 e. The van der Waals surface area contributed by atoms with E-state index in [0.29, 0.717) is 0 Å². The summed E-state index contributed by atoms with van der Waals surface area (Å²) in [7, 11) is 1.84. The average Bonchev–Trinajstić information content (AvgIpc) is 2.41. The Morgan fingerprint density at radius 2 is 2.00 bits per heavy atom. The molecular formula is C15H18FN3S. The van der Waals surface area contributed by atoms with Crippen LogP contribution >= 0.6 is 11.8 Å². The Morgan fingerprint density at radius 1 is 1.25 bits per heavy atom. The van der Waals surface area contributed by atoms with Crippen LogP contribution in [0.15, 0.2) is 34.2 Å². The molecule has 0 saturated carbocycles. The summed E-state index contributed by atoms with van der Waals surface area (Å²) in [5, 5.41) is 3.95. The van der Waals surface area contributed by atoms with E-state index in [0.717, 1.165) is 27.1 Å². The summed E-state index contributed by atoms with van der Waals surface area (Å²) < 4.78 is 13.3. The minimum absolute atomic E-state index is 0.236. The second kappa shape index (κ2) is 6.22. The van der Waals surface area contributed by atoms with E-state index in [1.165, 1.54) is 23.9 Å². The lowest BCUT2D eigenvalue weighted by Crippen LogP contribution is -2.06. The molecule has 0 radical (unpaired) electrons. The van der Waals surface area contributed by atoms with E-state index in [2.05, 4.69) is 29.1 Å². The largest absolute Gasteiger partial charge is 0.373 e. The van der Waals surface area contributed by atoms with Gasteiger partial charge in [-0.25, -0.2) is 14.4 Å². The van der Waals surface area contributed by atoms with Crippen molar-refractivity contribution in [2.24, 2.45) is 0 Å². The number of aromatic nitrogens is 2. The van der Waals surface area contributed by atoms with Gasteiger partial charge in [0.25, 0.3) is 0 Å². The topological polar surface area (TPSA) is 37.8 Å². The molecule has 0 amide bonds. The van der Waals surface area contributed by atoms with Crippen molar-refractivity contribution >= 4 is 17.6 Å². The van der Waals surface area contributed by atoms with Crippen LogP contribution in [-0.4, -0.2) is 17.0 Å². The predicted octanol–water partition coefficient (Wildman–Crippen LogP) is 4.24. The fraction of sp³-hybridized carbons (Fsp3) is 0.333. The maximum absolute atomic E-state index is 13.3. The highest BCUT2D eigenvalue weighted by Gasteiger charge is 2.13. The zero-order valence-electron chi connectivity index (χ0n) is 12.1. The Balaban J connectivity index is 2.42. The van der Waals surface area contributed by atoms with E-state index in [9.17, 15) is 4.39 Å². The van der Waals surface area contributed by atoms with Crippen molar-refractivity contribution in [2.45, 2.75) is 36.6 Å². The van der Waals surface area contributed by atoms with E-state index in [4.69, 9.17) is 0 Å². The maximum Gasteiger partial charge on any atom is 0.134 e. The third-order valence-corrected chi connectivity index (χ3v) is 3.96. The van der Waals surface area contributed by atoms with Gasteiger partial charge in [-0.15, -0.1) is 0 Å². The number of halogens is 1. The molecule has 3 nitrogen and oxygen atoms in total. The van der Waals surface area contributed by atoms with Gasteiger partial charge in [0.2, 0.25) is 0 Å². The summed E-state index contributed by atoms with van der Waals surface area (Å²) in [5.74, 6) is 1.62. The lowest BCUT2D eigenvalue weighted by atomic mass is 10.2. The van der Waals surface area contributed by atoms with Crippen LogP contribution in [0.3, 0.4) is 0 Å². The van der Waals surface area contributed by atoms with Crippen molar-refractivity contribution in [3.8, 4) is 0 Å². The third-order valence-electron chi connectivity index (χ3n) is 2.88. The molecule has 0 aliphatic carbocycles. The van der Waals surface area contributed by atoms with Gasteiger partial charge in [0.15, 0.2) is 0 Å². The van der Waals surface area contributed by atoms with Gasteiger partial charge in [-0.3, -0.25) is 0 Å². The first-order valence-corrected chi connectivity index (χ1v) is 7.32. The van der Waals surface area contributed by atoms with E-state index >= 15 is 0 Å². The Kier molecular flexibility index (Phi) is 4.60. The Morgan fingerprint density at radius 3 is 2.60 bits per heavy atom. The Hall–Kier alpha value is -1.62. The molecule has 5 heteroatoms. The smallest absolute Gasteiger partial charge is 0.134 e. The lowest BCUT2D eigenvalue weighted by Gasteiger charge is -2.13. The van der Waals surface area contributed by atoms with Gasteiger partial charge < -0.3 is 5.32 Å². The standard InChI is InChI=1S/C15H18FN3S/c1-9(2)13-18-14(17-4)10(3)15(19-13)20-12-7-5-6-11(16)8-12/h5-9H,1-4H3,(H,17,18,19). The summed E-state index contributed by atoms with van der Waals surface area (Å²) >= 11 is 1.46. The third kappa shape index (κ3) is 3.28. The van der Waals surface area contributed by atoms with Crippen LogP contribution in [0, 0.1) is 12.7 Å². The Bertz CT molecular complexity index is 614. The summed E-state index contributed by atoms with van der Waals surface area (Å²) in [6, 6.07) is 6.54. The second-order valence-electron chi connectivity index (χ2n) is 4.82. The zero-order valence-corrected chi connectivity index (χ0v) is 12.9. The fourth-order valence-corrected chi connectivity index (χ4v) is 2.69. The van der Waals surface area contributed by atoms with Gasteiger partial charge in [-0.1, -0.05) is 31.7 Å². The van der Waals surface area contributed by atoms with Crippen molar-refractivity contribution in [3.63, 3.8) is 0 Å². The first-order chi connectivity index (χ1) is 9.51. The quantitative estimate of drug-likeness (QED) is 0.855. The molecule has 2 rings (SSSR count). The molecule has 0 atom stereocenters. The second-order valence-corrected chi connectivity index (χ2v) is 5.89. The van der Waals surface area contributed by atoms with Gasteiger partial charge in [-0.2, -0.15) is 0 Å². The number of rotatable bonds is 4. The summed E-state index contributed by atoms with van der Waals surface area (Å²) in [5.41, 5.74) is 0.978. The highest BCUT2D eigenvalue weighted by atomic mass is 32.2. The normalized spacial score (nSPS) is 10.9. The molecule has 1 heterocycles. The molecule has 0 fully saturated rings. The first kappa shape index (κ1) is 14.8. The lowest BCUT2D eigenvalue weighted by molar-refractivity contribution is 0.624. The van der Waals surface area contributed by atoms with Crippen LogP contribution < -0.4 is 5.32 Å². The van der Waals surface area contributed by atoms with Crippen LogP contribution in [0.25, 0.3) is 0 Å². The zero-order chi connectivity index (χ0) is 14.7. The number of benzene rings is 1. The molecule has 1 aromatic heterocycles. The molecular weight excluding hydrogens is 273 g/mol. The van der Waals surface area contributed by atoms with E-state index in [1.54, 1.807) is 6.07 Å². The van der Waals surface area contributed by atoms with Crippen LogP contribution in [0.2, 0.25) is 0 Å². The number of hydrogen-bond donors (Lipinski definition) is 1. The number of nitrogens with zero attached hydrogens (tertiary/aromatic N) is 2. The molecule has 1 aromatic carbocycles. The van der Waals surface area contributed by atoms with Gasteiger partial charge in [0.05, 0.1) is 0 Å². The highest BCUT2D eigenvalue weighted by molar-refractivity contribution is 7.99. The summed E-state index contributed by atoms with van der Waals surface area (Å²) in [4.78, 5) is 9.93. The molecule has 1 N–H and O–H groups in total. The monoisotopic (exact) mass is 291 g/mol. The molecule has 20 heavy (non-hydrogen) atoms. The van der Waals surface area contributed by atoms with E-state index in [1.807, 2.05) is 20.0 Å². The van der Waals surface area contributed by atoms with Crippen molar-refractivity contribution < 1.29 is 4.39 Å². The van der Waals surface area contributed by atoms with Crippen LogP contribution in [-0.2, 0) is 0 Å². The minimum atomic E-state index is -0.236. The van der Waals surface area contributed by atoms with Gasteiger partial charge in [-0.05, 0) is 25.1 Å². The molecule has 2 aromatic rings. The van der Waals surface area contributed by atoms with E-state index < -0.39 is 0 Å². The van der Waals surface area contributed by atoms with Crippen molar-refractivity contribution in [1.82, 2.24) is 9.97 Å². The van der Waals surface area contributed by atoms with Crippen LogP contribution in [0.4, 0.5) is 10.2 Å². The van der Waals surface area contributed by atoms with Crippen molar-refractivity contribution in [1.29, 1.82) is 0 Å².